The molecule has 0 bridgehead atoms. The van der Waals surface area contributed by atoms with Gasteiger partial charge in [-0.25, -0.2) is 4.98 Å². The van der Waals surface area contributed by atoms with Crippen molar-refractivity contribution in [1.82, 2.24) is 10.3 Å². The van der Waals surface area contributed by atoms with Gasteiger partial charge in [0.1, 0.15) is 10.7 Å². The van der Waals surface area contributed by atoms with Gasteiger partial charge in [0.25, 0.3) is 5.91 Å². The molecule has 6 N–H and O–H groups in total. The first-order chi connectivity index (χ1) is 9.12. The first kappa shape index (κ1) is 15.6. The maximum absolute atomic E-state index is 11.8. The molecule has 9 heteroatoms. The Morgan fingerprint density at radius 3 is 2.79 bits per heavy atom. The molecule has 0 fully saturated rings. The van der Waals surface area contributed by atoms with Crippen LogP contribution in [0.3, 0.4) is 0 Å². The van der Waals surface area contributed by atoms with Crippen LogP contribution in [-0.2, 0) is 4.74 Å². The van der Waals surface area contributed by atoms with Crippen molar-refractivity contribution in [2.75, 3.05) is 44.5 Å². The zero-order valence-corrected chi connectivity index (χ0v) is 11.4. The van der Waals surface area contributed by atoms with Crippen LogP contribution in [0.15, 0.2) is 0 Å². The highest BCUT2D eigenvalue weighted by Gasteiger charge is 2.18. The number of hydrogen-bond acceptors (Lipinski definition) is 8. The highest BCUT2D eigenvalue weighted by molar-refractivity contribution is 7.18. The van der Waals surface area contributed by atoms with Gasteiger partial charge in [0.15, 0.2) is 5.13 Å². The number of aliphatic hydroxyl groups is 2. The van der Waals surface area contributed by atoms with E-state index in [-0.39, 0.29) is 23.9 Å². The Bertz CT molecular complexity index is 408. The fourth-order valence-electron chi connectivity index (χ4n) is 1.23. The quantitative estimate of drug-likeness (QED) is 0.383. The third-order valence-corrected chi connectivity index (χ3v) is 3.25. The smallest absolute Gasteiger partial charge is 0.265 e. The molecular weight excluding hydrogens is 272 g/mol. The van der Waals surface area contributed by atoms with Crippen LogP contribution in [-0.4, -0.2) is 60.6 Å². The number of nitrogens with one attached hydrogen (secondary N) is 2. The van der Waals surface area contributed by atoms with Crippen molar-refractivity contribution in [3.05, 3.63) is 4.88 Å². The number of aromatic nitrogens is 1. The second-order valence-corrected chi connectivity index (χ2v) is 4.69. The van der Waals surface area contributed by atoms with Gasteiger partial charge in [-0.2, -0.15) is 0 Å². The minimum absolute atomic E-state index is 0.108. The van der Waals surface area contributed by atoms with Gasteiger partial charge in [-0.3, -0.25) is 4.79 Å². The lowest BCUT2D eigenvalue weighted by molar-refractivity contribution is 0.0884. The second-order valence-electron chi connectivity index (χ2n) is 3.69. The Kier molecular flexibility index (Phi) is 6.50. The van der Waals surface area contributed by atoms with Crippen molar-refractivity contribution in [3.8, 4) is 0 Å². The Hall–Kier alpha value is -1.42. The highest BCUT2D eigenvalue weighted by Crippen LogP contribution is 2.24. The Labute approximate surface area is 114 Å². The summed E-state index contributed by atoms with van der Waals surface area (Å²) in [6.07, 6.45) is 0. The molecule has 0 atom stereocenters. The van der Waals surface area contributed by atoms with Gasteiger partial charge in [-0.05, 0) is 0 Å². The van der Waals surface area contributed by atoms with Crippen LogP contribution in [0.1, 0.15) is 9.67 Å². The average molecular weight is 290 g/mol. The van der Waals surface area contributed by atoms with Crippen molar-refractivity contribution >= 4 is 28.2 Å². The molecular formula is C10H18N4O4S. The number of ether oxygens (including phenoxy) is 1. The van der Waals surface area contributed by atoms with E-state index in [1.807, 2.05) is 0 Å². The molecule has 0 unspecified atom stereocenters. The van der Waals surface area contributed by atoms with Crippen LogP contribution in [0, 0.1) is 0 Å². The molecule has 1 amide bonds. The lowest BCUT2D eigenvalue weighted by atomic mass is 10.3. The molecule has 1 aromatic heterocycles. The zero-order chi connectivity index (χ0) is 14.3. The molecule has 0 saturated heterocycles. The fourth-order valence-corrected chi connectivity index (χ4v) is 2.04. The minimum Gasteiger partial charge on any atom is -0.394 e. The van der Waals surface area contributed by atoms with Crippen LogP contribution in [0.5, 0.6) is 0 Å². The Balaban J connectivity index is 2.64. The van der Waals surface area contributed by atoms with Crippen LogP contribution < -0.4 is 16.4 Å². The van der Waals surface area contributed by atoms with E-state index in [0.29, 0.717) is 18.3 Å². The number of nitrogens with two attached hydrogens (primary N) is 1. The Morgan fingerprint density at radius 2 is 2.21 bits per heavy atom. The third-order valence-electron chi connectivity index (χ3n) is 2.22. The van der Waals surface area contributed by atoms with Crippen molar-refractivity contribution in [2.24, 2.45) is 0 Å². The number of aliphatic hydroxyl groups excluding tert-OH is 2. The molecule has 0 saturated carbocycles. The molecule has 108 valence electrons. The number of nitrogens with zero attached hydrogens (tertiary/aromatic N) is 1. The predicted molar refractivity (Wildman–Crippen MR) is 72.3 cm³/mol. The molecule has 0 aliphatic carbocycles. The summed E-state index contributed by atoms with van der Waals surface area (Å²) in [6, 6.07) is -0.709. The summed E-state index contributed by atoms with van der Waals surface area (Å²) in [7, 11) is 1.58. The molecule has 1 heterocycles. The summed E-state index contributed by atoms with van der Waals surface area (Å²) in [5.74, 6) is -0.361. The van der Waals surface area contributed by atoms with E-state index in [4.69, 9.17) is 20.7 Å². The van der Waals surface area contributed by atoms with Gasteiger partial charge in [0.05, 0.1) is 25.9 Å². The lowest BCUT2D eigenvalue weighted by Crippen LogP contribution is -2.40. The minimum atomic E-state index is -0.709. The number of rotatable bonds is 8. The standard InChI is InChI=1S/C10H18N4O4S/c1-18-3-2-12-10-14-8(11)7(19-10)9(17)13-6(4-15)5-16/h6,15-16H,2-5,11H2,1H3,(H,12,14)(H,13,17). The molecule has 0 radical (unpaired) electrons. The summed E-state index contributed by atoms with van der Waals surface area (Å²) in [4.78, 5) is 16.1. The van der Waals surface area contributed by atoms with Crippen LogP contribution in [0.2, 0.25) is 0 Å². The number of thiazole rings is 1. The van der Waals surface area contributed by atoms with E-state index in [1.165, 1.54) is 0 Å². The summed E-state index contributed by atoms with van der Waals surface area (Å²) in [5, 5.41) is 23.7. The number of carbonyl (C=O) groups excluding carboxylic acids is 1. The molecule has 1 rings (SSSR count). The SMILES string of the molecule is COCCNc1nc(N)c(C(=O)NC(CO)CO)s1. The first-order valence-electron chi connectivity index (χ1n) is 5.64. The van der Waals surface area contributed by atoms with Crippen molar-refractivity contribution in [1.29, 1.82) is 0 Å². The summed E-state index contributed by atoms with van der Waals surface area (Å²) >= 11 is 1.10. The molecule has 1 aromatic rings. The van der Waals surface area contributed by atoms with E-state index < -0.39 is 11.9 Å². The Morgan fingerprint density at radius 1 is 1.53 bits per heavy atom. The molecule has 0 spiro atoms. The molecule has 0 aromatic carbocycles. The number of hydrogen-bond donors (Lipinski definition) is 5. The maximum atomic E-state index is 11.8. The van der Waals surface area contributed by atoms with E-state index in [9.17, 15) is 4.79 Å². The van der Waals surface area contributed by atoms with E-state index >= 15 is 0 Å². The average Bonchev–Trinajstić information content (AvgIpc) is 2.77. The molecule has 8 nitrogen and oxygen atoms in total. The topological polar surface area (TPSA) is 130 Å². The van der Waals surface area contributed by atoms with E-state index in [1.54, 1.807) is 7.11 Å². The van der Waals surface area contributed by atoms with E-state index in [2.05, 4.69) is 15.6 Å². The van der Waals surface area contributed by atoms with Gasteiger partial charge < -0.3 is 31.3 Å². The monoisotopic (exact) mass is 290 g/mol. The normalized spacial score (nSPS) is 10.7. The number of carbonyl (C=O) groups is 1. The highest BCUT2D eigenvalue weighted by atomic mass is 32.1. The van der Waals surface area contributed by atoms with Crippen LogP contribution >= 0.6 is 11.3 Å². The predicted octanol–water partition coefficient (Wildman–Crippen LogP) is -1.13. The molecule has 0 aliphatic rings. The van der Waals surface area contributed by atoms with Crippen molar-refractivity contribution in [2.45, 2.75) is 6.04 Å². The summed E-state index contributed by atoms with van der Waals surface area (Å²) in [6.45, 7) is 0.373. The number of nitrogen functional groups attached to an aromatic ring is 1. The van der Waals surface area contributed by atoms with Gasteiger partial charge in [-0.15, -0.1) is 0 Å². The van der Waals surface area contributed by atoms with Crippen LogP contribution in [0.25, 0.3) is 0 Å². The first-order valence-corrected chi connectivity index (χ1v) is 6.45. The second kappa shape index (κ2) is 7.89. The lowest BCUT2D eigenvalue weighted by Gasteiger charge is -2.12. The van der Waals surface area contributed by atoms with Crippen LogP contribution in [0.4, 0.5) is 10.9 Å². The van der Waals surface area contributed by atoms with Gasteiger partial charge in [0.2, 0.25) is 0 Å². The third kappa shape index (κ3) is 4.63. The van der Waals surface area contributed by atoms with Gasteiger partial charge >= 0.3 is 0 Å². The summed E-state index contributed by atoms with van der Waals surface area (Å²) in [5.41, 5.74) is 5.65. The van der Waals surface area contributed by atoms with E-state index in [0.717, 1.165) is 11.3 Å². The number of amides is 1. The molecule has 0 aliphatic heterocycles. The molecule has 19 heavy (non-hydrogen) atoms. The largest absolute Gasteiger partial charge is 0.394 e. The summed E-state index contributed by atoms with van der Waals surface area (Å²) < 4.78 is 4.88. The van der Waals surface area contributed by atoms with Gasteiger partial charge in [-0.1, -0.05) is 11.3 Å². The fraction of sp³-hybridized carbons (Fsp3) is 0.600. The maximum Gasteiger partial charge on any atom is 0.265 e. The number of methoxy groups -OCH3 is 1. The van der Waals surface area contributed by atoms with Gasteiger partial charge in [0, 0.05) is 13.7 Å². The van der Waals surface area contributed by atoms with Crippen molar-refractivity contribution < 1.29 is 19.7 Å². The number of anilines is 2. The zero-order valence-electron chi connectivity index (χ0n) is 10.5. The van der Waals surface area contributed by atoms with Crippen molar-refractivity contribution in [3.63, 3.8) is 0 Å².